The zero-order valence-electron chi connectivity index (χ0n) is 8.57. The normalized spacial score (nSPS) is 16.0. The summed E-state index contributed by atoms with van der Waals surface area (Å²) in [7, 11) is 0. The molecule has 0 aliphatic heterocycles. The summed E-state index contributed by atoms with van der Waals surface area (Å²) in [5.74, 6) is -2.34. The Labute approximate surface area is 82.4 Å². The molecule has 0 saturated carbocycles. The van der Waals surface area contributed by atoms with E-state index in [4.69, 9.17) is 10.2 Å². The van der Waals surface area contributed by atoms with Gasteiger partial charge in [0.15, 0.2) is 5.60 Å². The zero-order chi connectivity index (χ0) is 11.6. The van der Waals surface area contributed by atoms with E-state index in [1.165, 1.54) is 6.92 Å². The fraction of sp³-hybridized carbons (Fsp3) is 0.778. The standard InChI is InChI=1S/C9H16O5/c1-8(2,4-6(10)11)5-9(3,14)7(12)13/h14H,4-5H2,1-3H3,(H,10,11)(H,12,13). The fourth-order valence-electron chi connectivity index (χ4n) is 1.48. The zero-order valence-corrected chi connectivity index (χ0v) is 8.57. The molecular formula is C9H16O5. The molecular weight excluding hydrogens is 188 g/mol. The lowest BCUT2D eigenvalue weighted by Crippen LogP contribution is -2.40. The van der Waals surface area contributed by atoms with Gasteiger partial charge >= 0.3 is 11.9 Å². The lowest BCUT2D eigenvalue weighted by atomic mass is 9.78. The highest BCUT2D eigenvalue weighted by Crippen LogP contribution is 2.31. The number of carboxylic acid groups (broad SMARTS) is 2. The summed E-state index contributed by atoms with van der Waals surface area (Å²) >= 11 is 0. The van der Waals surface area contributed by atoms with Crippen LogP contribution in [0.25, 0.3) is 0 Å². The van der Waals surface area contributed by atoms with Gasteiger partial charge < -0.3 is 15.3 Å². The lowest BCUT2D eigenvalue weighted by molar-refractivity contribution is -0.161. The van der Waals surface area contributed by atoms with Crippen LogP contribution in [0.2, 0.25) is 0 Å². The maximum Gasteiger partial charge on any atom is 0.335 e. The summed E-state index contributed by atoms with van der Waals surface area (Å²) in [5.41, 5.74) is -2.62. The maximum absolute atomic E-state index is 10.6. The number of aliphatic hydroxyl groups is 1. The van der Waals surface area contributed by atoms with Gasteiger partial charge in [-0.25, -0.2) is 4.79 Å². The van der Waals surface area contributed by atoms with E-state index in [1.54, 1.807) is 13.8 Å². The van der Waals surface area contributed by atoms with E-state index in [1.807, 2.05) is 0 Å². The second kappa shape index (κ2) is 3.96. The van der Waals surface area contributed by atoms with Crippen molar-refractivity contribution in [2.75, 3.05) is 0 Å². The van der Waals surface area contributed by atoms with Crippen LogP contribution in [0.4, 0.5) is 0 Å². The van der Waals surface area contributed by atoms with Gasteiger partial charge in [-0.1, -0.05) is 13.8 Å². The first-order valence-electron chi connectivity index (χ1n) is 4.24. The summed E-state index contributed by atoms with van der Waals surface area (Å²) < 4.78 is 0. The Morgan fingerprint density at radius 2 is 1.57 bits per heavy atom. The van der Waals surface area contributed by atoms with Crippen molar-refractivity contribution in [1.29, 1.82) is 0 Å². The Balaban J connectivity index is 4.49. The van der Waals surface area contributed by atoms with Crippen molar-refractivity contribution in [2.24, 2.45) is 5.41 Å². The second-order valence-corrected chi connectivity index (χ2v) is 4.49. The van der Waals surface area contributed by atoms with Crippen LogP contribution in [0.15, 0.2) is 0 Å². The smallest absolute Gasteiger partial charge is 0.335 e. The average molecular weight is 204 g/mol. The number of carbonyl (C=O) groups is 2. The summed E-state index contributed by atoms with van der Waals surface area (Å²) in [6.07, 6.45) is -0.266. The van der Waals surface area contributed by atoms with Gasteiger partial charge in [-0.05, 0) is 18.8 Å². The van der Waals surface area contributed by atoms with Gasteiger partial charge in [0.2, 0.25) is 0 Å². The molecule has 0 aromatic carbocycles. The van der Waals surface area contributed by atoms with Crippen LogP contribution in [0, 0.1) is 5.41 Å². The van der Waals surface area contributed by atoms with E-state index in [2.05, 4.69) is 0 Å². The molecule has 1 unspecified atom stereocenters. The molecule has 0 aromatic heterocycles. The molecule has 0 fully saturated rings. The summed E-state index contributed by atoms with van der Waals surface area (Å²) in [6.45, 7) is 4.38. The topological polar surface area (TPSA) is 94.8 Å². The average Bonchev–Trinajstić information content (AvgIpc) is 1.79. The first-order valence-corrected chi connectivity index (χ1v) is 4.24. The first-order chi connectivity index (χ1) is 6.07. The van der Waals surface area contributed by atoms with Gasteiger partial charge in [0.05, 0.1) is 6.42 Å². The number of carboxylic acids is 2. The SMILES string of the molecule is CC(C)(CC(=O)O)CC(C)(O)C(=O)O. The number of hydrogen-bond donors (Lipinski definition) is 3. The first kappa shape index (κ1) is 12.9. The molecule has 0 radical (unpaired) electrons. The van der Waals surface area contributed by atoms with Gasteiger partial charge in [-0.3, -0.25) is 4.79 Å². The van der Waals surface area contributed by atoms with Gasteiger partial charge in [0.25, 0.3) is 0 Å². The third kappa shape index (κ3) is 4.23. The summed E-state index contributed by atoms with van der Waals surface area (Å²) in [5, 5.41) is 26.6. The maximum atomic E-state index is 10.6. The molecule has 0 aliphatic carbocycles. The molecule has 3 N–H and O–H groups in total. The predicted octanol–water partition coefficient (Wildman–Crippen LogP) is 0.713. The van der Waals surface area contributed by atoms with Gasteiger partial charge in [-0.2, -0.15) is 0 Å². The molecule has 0 spiro atoms. The van der Waals surface area contributed by atoms with E-state index in [9.17, 15) is 14.7 Å². The van der Waals surface area contributed by atoms with E-state index in [-0.39, 0.29) is 12.8 Å². The quantitative estimate of drug-likeness (QED) is 0.613. The molecule has 0 bridgehead atoms. The minimum atomic E-state index is -1.88. The number of hydrogen-bond acceptors (Lipinski definition) is 3. The summed E-state index contributed by atoms with van der Waals surface area (Å²) in [6, 6.07) is 0. The van der Waals surface area contributed by atoms with E-state index >= 15 is 0 Å². The second-order valence-electron chi connectivity index (χ2n) is 4.49. The third-order valence-corrected chi connectivity index (χ3v) is 1.91. The minimum absolute atomic E-state index is 0.0956. The lowest BCUT2D eigenvalue weighted by Gasteiger charge is -2.29. The molecule has 0 aliphatic rings. The van der Waals surface area contributed by atoms with E-state index in [0.29, 0.717) is 0 Å². The highest BCUT2D eigenvalue weighted by atomic mass is 16.4. The molecule has 0 rings (SSSR count). The highest BCUT2D eigenvalue weighted by molar-refractivity contribution is 5.76. The minimum Gasteiger partial charge on any atom is -0.481 e. The van der Waals surface area contributed by atoms with E-state index < -0.39 is 23.0 Å². The van der Waals surface area contributed by atoms with Crippen LogP contribution in [0.3, 0.4) is 0 Å². The van der Waals surface area contributed by atoms with Crippen molar-refractivity contribution in [3.05, 3.63) is 0 Å². The molecule has 14 heavy (non-hydrogen) atoms. The van der Waals surface area contributed by atoms with Crippen LogP contribution in [0.1, 0.15) is 33.6 Å². The predicted molar refractivity (Wildman–Crippen MR) is 48.9 cm³/mol. The Morgan fingerprint density at radius 3 is 1.86 bits per heavy atom. The Bertz CT molecular complexity index is 242. The van der Waals surface area contributed by atoms with Crippen molar-refractivity contribution in [3.63, 3.8) is 0 Å². The van der Waals surface area contributed by atoms with Crippen LogP contribution in [0.5, 0.6) is 0 Å². The molecule has 0 saturated heterocycles. The Hall–Kier alpha value is -1.10. The van der Waals surface area contributed by atoms with Gasteiger partial charge in [0, 0.05) is 0 Å². The largest absolute Gasteiger partial charge is 0.481 e. The number of aliphatic carboxylic acids is 2. The Morgan fingerprint density at radius 1 is 1.14 bits per heavy atom. The molecule has 0 aromatic rings. The third-order valence-electron chi connectivity index (χ3n) is 1.91. The fourth-order valence-corrected chi connectivity index (χ4v) is 1.48. The summed E-state index contributed by atoms with van der Waals surface area (Å²) in [4.78, 5) is 21.0. The van der Waals surface area contributed by atoms with Crippen LogP contribution in [-0.4, -0.2) is 32.9 Å². The molecule has 82 valence electrons. The van der Waals surface area contributed by atoms with Crippen molar-refractivity contribution in [2.45, 2.75) is 39.2 Å². The van der Waals surface area contributed by atoms with Gasteiger partial charge in [-0.15, -0.1) is 0 Å². The molecule has 5 nitrogen and oxygen atoms in total. The van der Waals surface area contributed by atoms with Crippen molar-refractivity contribution >= 4 is 11.9 Å². The van der Waals surface area contributed by atoms with E-state index in [0.717, 1.165) is 0 Å². The van der Waals surface area contributed by atoms with Crippen LogP contribution < -0.4 is 0 Å². The van der Waals surface area contributed by atoms with Crippen molar-refractivity contribution < 1.29 is 24.9 Å². The van der Waals surface area contributed by atoms with Crippen molar-refractivity contribution in [3.8, 4) is 0 Å². The molecule has 0 amide bonds. The van der Waals surface area contributed by atoms with Crippen LogP contribution >= 0.6 is 0 Å². The molecule has 0 heterocycles. The molecule has 1 atom stereocenters. The van der Waals surface area contributed by atoms with Crippen molar-refractivity contribution in [1.82, 2.24) is 0 Å². The van der Waals surface area contributed by atoms with Gasteiger partial charge in [0.1, 0.15) is 0 Å². The van der Waals surface area contributed by atoms with Crippen LogP contribution in [-0.2, 0) is 9.59 Å². The molecule has 5 heteroatoms. The Kier molecular flexibility index (Phi) is 3.65. The monoisotopic (exact) mass is 204 g/mol. The highest BCUT2D eigenvalue weighted by Gasteiger charge is 2.37. The number of rotatable bonds is 5.